The van der Waals surface area contributed by atoms with Crippen molar-refractivity contribution < 1.29 is 36.6 Å². The molecule has 0 saturated carbocycles. The second kappa shape index (κ2) is 5.47. The molecule has 0 aliphatic carbocycles. The lowest BCUT2D eigenvalue weighted by Crippen LogP contribution is -2.22. The van der Waals surface area contributed by atoms with Crippen LogP contribution in [0.1, 0.15) is 31.3 Å². The van der Waals surface area contributed by atoms with E-state index in [1.54, 1.807) is 0 Å². The Morgan fingerprint density at radius 1 is 0.952 bits per heavy atom. The van der Waals surface area contributed by atoms with Crippen molar-refractivity contribution >= 4 is 5.57 Å². The summed E-state index contributed by atoms with van der Waals surface area (Å²) >= 11 is 0. The van der Waals surface area contributed by atoms with E-state index >= 15 is 0 Å². The lowest BCUT2D eigenvalue weighted by atomic mass is 10.1. The summed E-state index contributed by atoms with van der Waals surface area (Å²) in [4.78, 5) is 7.99. The van der Waals surface area contributed by atoms with Gasteiger partial charge in [-0.15, -0.1) is 0 Å². The molecule has 0 fully saturated rings. The van der Waals surface area contributed by atoms with Crippen molar-refractivity contribution in [2.75, 3.05) is 0 Å². The summed E-state index contributed by atoms with van der Waals surface area (Å²) in [7, 11) is 0. The van der Waals surface area contributed by atoms with E-state index in [-0.39, 0.29) is 0 Å². The van der Waals surface area contributed by atoms with Crippen LogP contribution in [-0.2, 0) is 12.4 Å². The molecule has 0 bridgehead atoms. The van der Waals surface area contributed by atoms with Gasteiger partial charge in [0.1, 0.15) is 0 Å². The fraction of sp³-hybridized carbons (Fsp3) is 0.500. The van der Waals surface area contributed by atoms with Crippen molar-refractivity contribution in [1.29, 1.82) is 0 Å². The molecule has 118 valence electrons. The number of halogens is 6. The molecule has 1 unspecified atom stereocenters. The first-order valence-electron chi connectivity index (χ1n) is 5.32. The van der Waals surface area contributed by atoms with Crippen LogP contribution in [0.4, 0.5) is 26.3 Å². The second-order valence-corrected chi connectivity index (χ2v) is 3.98. The molecule has 11 heteroatoms. The van der Waals surface area contributed by atoms with E-state index in [4.69, 9.17) is 0 Å². The van der Waals surface area contributed by atoms with Crippen molar-refractivity contribution in [1.82, 2.24) is 15.0 Å². The van der Waals surface area contributed by atoms with Gasteiger partial charge in [0.2, 0.25) is 11.6 Å². The monoisotopic (exact) mass is 317 g/mol. The normalized spacial score (nSPS) is 15.7. The minimum atomic E-state index is -5.25. The number of aliphatic hydroxyl groups excluding tert-OH is 2. The molecule has 0 radical (unpaired) electrons. The average molecular weight is 317 g/mol. The summed E-state index contributed by atoms with van der Waals surface area (Å²) in [6.45, 7) is 1.99. The van der Waals surface area contributed by atoms with Crippen LogP contribution in [0, 0.1) is 0 Å². The van der Waals surface area contributed by atoms with Gasteiger partial charge >= 0.3 is 12.4 Å². The molecule has 1 heterocycles. The Hall–Kier alpha value is -1.91. The summed E-state index contributed by atoms with van der Waals surface area (Å²) in [6.07, 6.45) is -12.1. The molecule has 1 atom stereocenters. The fourth-order valence-electron chi connectivity index (χ4n) is 1.40. The molecule has 1 aromatic rings. The minimum Gasteiger partial charge on any atom is -0.512 e. The highest BCUT2D eigenvalue weighted by atomic mass is 19.4. The highest BCUT2D eigenvalue weighted by Crippen LogP contribution is 2.32. The number of rotatable bonds is 2. The van der Waals surface area contributed by atoms with Gasteiger partial charge in [-0.1, -0.05) is 0 Å². The fourth-order valence-corrected chi connectivity index (χ4v) is 1.40. The first-order chi connectivity index (χ1) is 9.34. The molecular formula is C10H9F6N3O2. The first-order valence-corrected chi connectivity index (χ1v) is 5.32. The number of allylic oxidation sites excluding steroid dienone is 1. The lowest BCUT2D eigenvalue weighted by molar-refractivity contribution is -0.155. The van der Waals surface area contributed by atoms with E-state index in [9.17, 15) is 36.6 Å². The van der Waals surface area contributed by atoms with E-state index in [0.29, 0.717) is 0 Å². The maximum Gasteiger partial charge on any atom is 0.451 e. The maximum absolute atomic E-state index is 12.5. The quantitative estimate of drug-likeness (QED) is 0.647. The number of alkyl halides is 6. The second-order valence-electron chi connectivity index (χ2n) is 3.98. The van der Waals surface area contributed by atoms with Gasteiger partial charge in [-0.3, -0.25) is 0 Å². The SMILES string of the molecule is C/C(O)=C(\c1nc(C(F)(F)F)nc(C(F)(F)F)n1)C(C)O. The predicted octanol–water partition coefficient (Wildman–Crippen LogP) is 2.58. The molecule has 21 heavy (non-hydrogen) atoms. The Bertz CT molecular complexity index is 529. The van der Waals surface area contributed by atoms with Gasteiger partial charge < -0.3 is 10.2 Å². The highest BCUT2D eigenvalue weighted by molar-refractivity contribution is 5.64. The van der Waals surface area contributed by atoms with Crippen molar-refractivity contribution in [2.24, 2.45) is 0 Å². The molecule has 0 amide bonds. The molecule has 1 rings (SSSR count). The summed E-state index contributed by atoms with van der Waals surface area (Å²) in [5.41, 5.74) is -0.659. The highest BCUT2D eigenvalue weighted by Gasteiger charge is 2.42. The Balaban J connectivity index is 3.64. The molecule has 2 N–H and O–H groups in total. The largest absolute Gasteiger partial charge is 0.512 e. The van der Waals surface area contributed by atoms with Gasteiger partial charge in [-0.05, 0) is 13.8 Å². The molecule has 1 aromatic heterocycles. The number of aliphatic hydroxyl groups is 2. The Morgan fingerprint density at radius 3 is 1.57 bits per heavy atom. The molecule has 0 saturated heterocycles. The molecule has 0 spiro atoms. The van der Waals surface area contributed by atoms with Crippen LogP contribution >= 0.6 is 0 Å². The van der Waals surface area contributed by atoms with E-state index in [1.807, 2.05) is 0 Å². The first kappa shape index (κ1) is 17.1. The summed E-state index contributed by atoms with van der Waals surface area (Å²) < 4.78 is 75.2. The van der Waals surface area contributed by atoms with Crippen LogP contribution in [0.2, 0.25) is 0 Å². The molecule has 0 aliphatic heterocycles. The van der Waals surface area contributed by atoms with Crippen molar-refractivity contribution in [3.63, 3.8) is 0 Å². The van der Waals surface area contributed by atoms with E-state index in [1.165, 1.54) is 0 Å². The zero-order valence-corrected chi connectivity index (χ0v) is 10.6. The minimum absolute atomic E-state index is 0.659. The number of aromatic nitrogens is 3. The maximum atomic E-state index is 12.5. The Morgan fingerprint density at radius 2 is 1.33 bits per heavy atom. The molecule has 5 nitrogen and oxygen atoms in total. The van der Waals surface area contributed by atoms with Gasteiger partial charge in [0, 0.05) is 0 Å². The third kappa shape index (κ3) is 4.03. The molecule has 0 aromatic carbocycles. The van der Waals surface area contributed by atoms with E-state index in [2.05, 4.69) is 15.0 Å². The van der Waals surface area contributed by atoms with Crippen LogP contribution < -0.4 is 0 Å². The Labute approximate surface area is 114 Å². The lowest BCUT2D eigenvalue weighted by Gasteiger charge is -2.14. The standard InChI is InChI=1S/C10H9F6N3O2/c1-3(20)5(4(2)21)6-17-7(9(11,12)13)19-8(18-6)10(14,15)16/h3,20-21H,1-2H3/b5-4+. The van der Waals surface area contributed by atoms with Gasteiger partial charge in [-0.2, -0.15) is 26.3 Å². The van der Waals surface area contributed by atoms with Crippen LogP contribution in [-0.4, -0.2) is 31.3 Å². The van der Waals surface area contributed by atoms with Gasteiger partial charge in [0.25, 0.3) is 0 Å². The Kier molecular flexibility index (Phi) is 4.46. The van der Waals surface area contributed by atoms with E-state index < -0.39 is 47.3 Å². The zero-order chi connectivity index (χ0) is 16.6. The molecule has 0 aliphatic rings. The third-order valence-corrected chi connectivity index (χ3v) is 2.19. The van der Waals surface area contributed by atoms with Crippen LogP contribution in [0.15, 0.2) is 5.76 Å². The van der Waals surface area contributed by atoms with Crippen molar-refractivity contribution in [2.45, 2.75) is 32.3 Å². The van der Waals surface area contributed by atoms with Gasteiger partial charge in [0.05, 0.1) is 17.4 Å². The van der Waals surface area contributed by atoms with Crippen LogP contribution in [0.5, 0.6) is 0 Å². The van der Waals surface area contributed by atoms with E-state index in [0.717, 1.165) is 13.8 Å². The van der Waals surface area contributed by atoms with Gasteiger partial charge in [-0.25, -0.2) is 15.0 Å². The average Bonchev–Trinajstić information content (AvgIpc) is 2.25. The number of hydrogen-bond donors (Lipinski definition) is 2. The van der Waals surface area contributed by atoms with Crippen LogP contribution in [0.25, 0.3) is 5.57 Å². The van der Waals surface area contributed by atoms with Gasteiger partial charge in [0.15, 0.2) is 5.82 Å². The third-order valence-electron chi connectivity index (χ3n) is 2.19. The number of nitrogens with zero attached hydrogens (tertiary/aromatic N) is 3. The zero-order valence-electron chi connectivity index (χ0n) is 10.6. The number of hydrogen-bond acceptors (Lipinski definition) is 5. The molecular weight excluding hydrogens is 308 g/mol. The predicted molar refractivity (Wildman–Crippen MR) is 56.7 cm³/mol. The summed E-state index contributed by atoms with van der Waals surface area (Å²) in [5.74, 6) is -5.95. The van der Waals surface area contributed by atoms with Crippen LogP contribution in [0.3, 0.4) is 0 Å². The summed E-state index contributed by atoms with van der Waals surface area (Å²) in [5, 5.41) is 18.6. The summed E-state index contributed by atoms with van der Waals surface area (Å²) in [6, 6.07) is 0. The van der Waals surface area contributed by atoms with Crippen molar-refractivity contribution in [3.05, 3.63) is 23.2 Å². The topological polar surface area (TPSA) is 79.1 Å². The smallest absolute Gasteiger partial charge is 0.451 e. The van der Waals surface area contributed by atoms with Crippen molar-refractivity contribution in [3.8, 4) is 0 Å².